The van der Waals surface area contributed by atoms with Gasteiger partial charge < -0.3 is 9.47 Å². The molecule has 0 aliphatic carbocycles. The van der Waals surface area contributed by atoms with Crippen LogP contribution in [0.5, 0.6) is 5.88 Å². The third-order valence-corrected chi connectivity index (χ3v) is 6.63. The van der Waals surface area contributed by atoms with E-state index in [2.05, 4.69) is 9.88 Å². The minimum absolute atomic E-state index is 0.178. The maximum absolute atomic E-state index is 13.2. The molecule has 3 aliphatic rings. The summed E-state index contributed by atoms with van der Waals surface area (Å²) >= 11 is 0. The van der Waals surface area contributed by atoms with Crippen molar-refractivity contribution in [1.29, 1.82) is 0 Å². The second kappa shape index (κ2) is 6.95. The van der Waals surface area contributed by atoms with Gasteiger partial charge in [0, 0.05) is 12.1 Å². The fourth-order valence-corrected chi connectivity index (χ4v) is 5.36. The molecule has 2 saturated heterocycles. The van der Waals surface area contributed by atoms with Gasteiger partial charge in [-0.25, -0.2) is 14.3 Å². The Hall–Kier alpha value is -2.73. The number of nitrogens with zero attached hydrogens (tertiary/aromatic N) is 2. The third kappa shape index (κ3) is 2.85. The minimum Gasteiger partial charge on any atom is -0.476 e. The first-order valence-corrected chi connectivity index (χ1v) is 10.1. The summed E-state index contributed by atoms with van der Waals surface area (Å²) in [6.45, 7) is 0.391. The molecular formula is C23H23FN2O3. The van der Waals surface area contributed by atoms with Gasteiger partial charge in [-0.05, 0) is 43.4 Å². The zero-order valence-electron chi connectivity index (χ0n) is 16.0. The summed E-state index contributed by atoms with van der Waals surface area (Å²) in [5.74, 6) is -0.181. The van der Waals surface area contributed by atoms with Crippen molar-refractivity contribution < 1.29 is 18.7 Å². The smallest absolute Gasteiger partial charge is 0.229 e. The molecular weight excluding hydrogens is 371 g/mol. The second-order valence-corrected chi connectivity index (χ2v) is 8.13. The van der Waals surface area contributed by atoms with Crippen LogP contribution in [-0.2, 0) is 9.53 Å². The molecule has 1 aromatic heterocycles. The van der Waals surface area contributed by atoms with Crippen LogP contribution < -0.4 is 4.74 Å². The van der Waals surface area contributed by atoms with Crippen LogP contribution in [-0.4, -0.2) is 40.1 Å². The first-order valence-electron chi connectivity index (χ1n) is 10.1. The molecule has 3 aliphatic heterocycles. The molecule has 2 aromatic rings. The van der Waals surface area contributed by atoms with Gasteiger partial charge in [0.1, 0.15) is 12.4 Å². The Morgan fingerprint density at radius 2 is 2.00 bits per heavy atom. The maximum Gasteiger partial charge on any atom is 0.229 e. The van der Waals surface area contributed by atoms with Crippen LogP contribution >= 0.6 is 0 Å². The monoisotopic (exact) mass is 394 g/mol. The van der Waals surface area contributed by atoms with Crippen LogP contribution in [0.4, 0.5) is 4.39 Å². The largest absolute Gasteiger partial charge is 0.476 e. The van der Waals surface area contributed by atoms with Gasteiger partial charge >= 0.3 is 0 Å². The highest BCUT2D eigenvalue weighted by Crippen LogP contribution is 2.54. The average molecular weight is 394 g/mol. The predicted octanol–water partition coefficient (Wildman–Crippen LogP) is 3.82. The summed E-state index contributed by atoms with van der Waals surface area (Å²) in [5, 5.41) is 0. The van der Waals surface area contributed by atoms with Gasteiger partial charge in [0.25, 0.3) is 0 Å². The molecule has 29 heavy (non-hydrogen) atoms. The van der Waals surface area contributed by atoms with Crippen LogP contribution in [0.2, 0.25) is 0 Å². The van der Waals surface area contributed by atoms with Crippen molar-refractivity contribution >= 4 is 6.29 Å². The Morgan fingerprint density at radius 3 is 2.69 bits per heavy atom. The first-order chi connectivity index (χ1) is 14.2. The summed E-state index contributed by atoms with van der Waals surface area (Å²) in [4.78, 5) is 18.8. The molecule has 0 N–H and O–H groups in total. The van der Waals surface area contributed by atoms with Gasteiger partial charge in [0.15, 0.2) is 6.29 Å². The van der Waals surface area contributed by atoms with Crippen LogP contribution in [0, 0.1) is 5.82 Å². The lowest BCUT2D eigenvalue weighted by atomic mass is 9.85. The fraction of sp³-hybridized carbons (Fsp3) is 0.391. The van der Waals surface area contributed by atoms with Gasteiger partial charge in [-0.15, -0.1) is 0 Å². The number of carbonyl (C=O) groups excluding carboxylic acids is 1. The highest BCUT2D eigenvalue weighted by atomic mass is 19.1. The van der Waals surface area contributed by atoms with Gasteiger partial charge in [-0.1, -0.05) is 30.3 Å². The summed E-state index contributed by atoms with van der Waals surface area (Å²) in [6, 6.07) is 13.1. The average Bonchev–Trinajstić information content (AvgIpc) is 3.45. The van der Waals surface area contributed by atoms with E-state index in [0.717, 1.165) is 43.7 Å². The van der Waals surface area contributed by atoms with E-state index < -0.39 is 11.5 Å². The highest BCUT2D eigenvalue weighted by Gasteiger charge is 2.64. The molecule has 0 amide bonds. The van der Waals surface area contributed by atoms with Gasteiger partial charge in [0.05, 0.1) is 23.9 Å². The number of benzene rings is 1. The van der Waals surface area contributed by atoms with Gasteiger partial charge in [-0.3, -0.25) is 4.79 Å². The standard InChI is InChI=1S/C23H23FN2O3/c24-18-6-7-21(25-14-18)28-16-22-11-8-19(9-12-22)26(22)23(15-27)20(10-13-29-23)17-4-2-1-3-5-17/h1-7,10,13-15,19-20H,8-9,11-12,16H2. The molecule has 2 unspecified atom stereocenters. The van der Waals surface area contributed by atoms with Crippen molar-refractivity contribution in [3.63, 3.8) is 0 Å². The summed E-state index contributed by atoms with van der Waals surface area (Å²) < 4.78 is 25.2. The molecule has 5 nitrogen and oxygen atoms in total. The molecule has 0 spiro atoms. The van der Waals surface area contributed by atoms with Crippen LogP contribution in [0.15, 0.2) is 61.0 Å². The first kappa shape index (κ1) is 18.3. The van der Waals surface area contributed by atoms with Crippen molar-refractivity contribution in [2.45, 2.75) is 48.9 Å². The molecule has 2 bridgehead atoms. The number of aldehydes is 1. The number of hydrogen-bond acceptors (Lipinski definition) is 5. The highest BCUT2D eigenvalue weighted by molar-refractivity contribution is 5.67. The van der Waals surface area contributed by atoms with Crippen LogP contribution in [0.25, 0.3) is 0 Å². The summed E-state index contributed by atoms with van der Waals surface area (Å²) in [5.41, 5.74) is -0.324. The van der Waals surface area contributed by atoms with E-state index in [1.165, 1.54) is 12.1 Å². The number of halogens is 1. The zero-order chi connectivity index (χ0) is 19.9. The molecule has 2 fully saturated rings. The molecule has 6 heteroatoms. The normalized spacial score (nSPS) is 33.0. The fourth-order valence-electron chi connectivity index (χ4n) is 5.36. The predicted molar refractivity (Wildman–Crippen MR) is 105 cm³/mol. The van der Waals surface area contributed by atoms with E-state index in [9.17, 15) is 9.18 Å². The summed E-state index contributed by atoms with van der Waals surface area (Å²) in [6.07, 6.45) is 9.59. The molecule has 0 radical (unpaired) electrons. The Morgan fingerprint density at radius 1 is 1.21 bits per heavy atom. The van der Waals surface area contributed by atoms with E-state index in [-0.39, 0.29) is 17.5 Å². The quantitative estimate of drug-likeness (QED) is 0.697. The Bertz CT molecular complexity index is 909. The lowest BCUT2D eigenvalue weighted by Gasteiger charge is -2.46. The Labute approximate surface area is 169 Å². The van der Waals surface area contributed by atoms with E-state index >= 15 is 0 Å². The van der Waals surface area contributed by atoms with Crippen molar-refractivity contribution in [2.75, 3.05) is 6.61 Å². The second-order valence-electron chi connectivity index (χ2n) is 8.13. The van der Waals surface area contributed by atoms with E-state index in [1.807, 2.05) is 36.4 Å². The van der Waals surface area contributed by atoms with Crippen LogP contribution in [0.3, 0.4) is 0 Å². The number of carbonyl (C=O) groups is 1. The number of ether oxygens (including phenoxy) is 2. The molecule has 0 saturated carbocycles. The summed E-state index contributed by atoms with van der Waals surface area (Å²) in [7, 11) is 0. The number of pyridine rings is 1. The Kier molecular flexibility index (Phi) is 4.39. The number of aromatic nitrogens is 1. The molecule has 5 rings (SSSR count). The van der Waals surface area contributed by atoms with Gasteiger partial charge in [-0.2, -0.15) is 0 Å². The zero-order valence-corrected chi connectivity index (χ0v) is 16.0. The maximum atomic E-state index is 13.2. The number of fused-ring (bicyclic) bond motifs is 2. The van der Waals surface area contributed by atoms with Gasteiger partial charge in [0.2, 0.25) is 11.6 Å². The number of hydrogen-bond donors (Lipinski definition) is 0. The van der Waals surface area contributed by atoms with Crippen molar-refractivity contribution in [3.05, 3.63) is 72.4 Å². The molecule has 150 valence electrons. The van der Waals surface area contributed by atoms with Crippen molar-refractivity contribution in [1.82, 2.24) is 9.88 Å². The van der Waals surface area contributed by atoms with E-state index in [4.69, 9.17) is 9.47 Å². The minimum atomic E-state index is -1.07. The topological polar surface area (TPSA) is 51.7 Å². The molecule has 1 aromatic carbocycles. The van der Waals surface area contributed by atoms with Crippen LogP contribution in [0.1, 0.15) is 37.2 Å². The molecule has 4 heterocycles. The third-order valence-electron chi connectivity index (χ3n) is 6.63. The lowest BCUT2D eigenvalue weighted by molar-refractivity contribution is -0.163. The van der Waals surface area contributed by atoms with Crippen molar-refractivity contribution in [3.8, 4) is 5.88 Å². The number of rotatable bonds is 6. The lowest BCUT2D eigenvalue weighted by Crippen LogP contribution is -2.62. The van der Waals surface area contributed by atoms with Crippen molar-refractivity contribution in [2.24, 2.45) is 0 Å². The van der Waals surface area contributed by atoms with E-state index in [1.54, 1.807) is 6.26 Å². The van der Waals surface area contributed by atoms with E-state index in [0.29, 0.717) is 12.5 Å². The Balaban J connectivity index is 1.46. The molecule has 2 atom stereocenters. The SMILES string of the molecule is O=CC1(N2C3CCC2(COc2ccc(F)cn2)CC3)OC=CC1c1ccccc1.